The molecule has 0 radical (unpaired) electrons. The lowest BCUT2D eigenvalue weighted by atomic mass is 9.91. The van der Waals surface area contributed by atoms with Crippen molar-refractivity contribution in [2.45, 2.75) is 12.3 Å². The molecule has 1 atom stereocenters. The van der Waals surface area contributed by atoms with Crippen LogP contribution in [0.15, 0.2) is 67.3 Å². The minimum atomic E-state index is 0.151. The highest BCUT2D eigenvalue weighted by atomic mass is 16.3. The van der Waals surface area contributed by atoms with Gasteiger partial charge in [0.05, 0.1) is 0 Å². The number of hydrogen-bond donors (Lipinski definition) is 1. The van der Waals surface area contributed by atoms with E-state index in [1.165, 1.54) is 5.56 Å². The Kier molecular flexibility index (Phi) is 3.61. The topological polar surface area (TPSA) is 20.2 Å². The predicted molar refractivity (Wildman–Crippen MR) is 71.2 cm³/mol. The first-order chi connectivity index (χ1) is 8.31. The number of hydrogen-bond acceptors (Lipinski definition) is 1. The first kappa shape index (κ1) is 11.5. The SMILES string of the molecule is C=CC(Cc1ccccc1)c1ccccc1O. The van der Waals surface area contributed by atoms with Crippen LogP contribution in [0.3, 0.4) is 0 Å². The average molecular weight is 224 g/mol. The Morgan fingerprint density at radius 1 is 1.00 bits per heavy atom. The smallest absolute Gasteiger partial charge is 0.119 e. The molecule has 0 spiro atoms. The Labute approximate surface area is 102 Å². The molecule has 0 aliphatic rings. The van der Waals surface area contributed by atoms with Gasteiger partial charge in [0.2, 0.25) is 0 Å². The van der Waals surface area contributed by atoms with Crippen LogP contribution < -0.4 is 0 Å². The Morgan fingerprint density at radius 2 is 1.65 bits per heavy atom. The van der Waals surface area contributed by atoms with Gasteiger partial charge in [0.1, 0.15) is 5.75 Å². The second kappa shape index (κ2) is 5.35. The Hall–Kier alpha value is -2.02. The van der Waals surface area contributed by atoms with E-state index in [9.17, 15) is 5.11 Å². The highest BCUT2D eigenvalue weighted by Gasteiger charge is 2.11. The van der Waals surface area contributed by atoms with Gasteiger partial charge in [-0.1, -0.05) is 54.6 Å². The molecule has 0 aliphatic carbocycles. The van der Waals surface area contributed by atoms with Gasteiger partial charge in [0.15, 0.2) is 0 Å². The number of phenolic OH excluding ortho intramolecular Hbond substituents is 1. The summed E-state index contributed by atoms with van der Waals surface area (Å²) < 4.78 is 0. The largest absolute Gasteiger partial charge is 0.508 e. The summed E-state index contributed by atoms with van der Waals surface area (Å²) in [7, 11) is 0. The number of aromatic hydroxyl groups is 1. The summed E-state index contributed by atoms with van der Waals surface area (Å²) in [4.78, 5) is 0. The van der Waals surface area contributed by atoms with Crippen LogP contribution in [-0.2, 0) is 6.42 Å². The van der Waals surface area contributed by atoms with Crippen molar-refractivity contribution < 1.29 is 5.11 Å². The summed E-state index contributed by atoms with van der Waals surface area (Å²) in [5.41, 5.74) is 2.19. The Morgan fingerprint density at radius 3 is 2.29 bits per heavy atom. The standard InChI is InChI=1S/C16H16O/c1-2-14(12-13-8-4-3-5-9-13)15-10-6-7-11-16(15)17/h2-11,14,17H,1,12H2. The third kappa shape index (κ3) is 2.76. The van der Waals surface area contributed by atoms with E-state index in [0.29, 0.717) is 5.75 Å². The van der Waals surface area contributed by atoms with Gasteiger partial charge in [-0.3, -0.25) is 0 Å². The predicted octanol–water partition coefficient (Wildman–Crippen LogP) is 3.90. The summed E-state index contributed by atoms with van der Waals surface area (Å²) in [6.07, 6.45) is 2.75. The maximum Gasteiger partial charge on any atom is 0.119 e. The fourth-order valence-corrected chi connectivity index (χ4v) is 1.99. The van der Waals surface area contributed by atoms with Gasteiger partial charge in [0, 0.05) is 11.5 Å². The zero-order valence-electron chi connectivity index (χ0n) is 9.71. The van der Waals surface area contributed by atoms with Crippen molar-refractivity contribution in [1.29, 1.82) is 0 Å². The van der Waals surface area contributed by atoms with Crippen molar-refractivity contribution in [3.05, 3.63) is 78.4 Å². The summed E-state index contributed by atoms with van der Waals surface area (Å²) in [5, 5.41) is 9.84. The molecular weight excluding hydrogens is 208 g/mol. The van der Waals surface area contributed by atoms with Crippen LogP contribution in [0.25, 0.3) is 0 Å². The quantitative estimate of drug-likeness (QED) is 0.781. The van der Waals surface area contributed by atoms with E-state index >= 15 is 0 Å². The number of rotatable bonds is 4. The van der Waals surface area contributed by atoms with Crippen molar-refractivity contribution >= 4 is 0 Å². The van der Waals surface area contributed by atoms with E-state index in [1.807, 2.05) is 42.5 Å². The van der Waals surface area contributed by atoms with Crippen molar-refractivity contribution in [2.24, 2.45) is 0 Å². The number of allylic oxidation sites excluding steroid dienone is 1. The van der Waals surface area contributed by atoms with E-state index in [1.54, 1.807) is 6.07 Å². The number of para-hydroxylation sites is 1. The molecular formula is C16H16O. The van der Waals surface area contributed by atoms with E-state index in [0.717, 1.165) is 12.0 Å². The summed E-state index contributed by atoms with van der Waals surface area (Å²) in [6, 6.07) is 17.7. The zero-order valence-corrected chi connectivity index (χ0v) is 9.71. The lowest BCUT2D eigenvalue weighted by molar-refractivity contribution is 0.465. The van der Waals surface area contributed by atoms with Crippen LogP contribution in [0.4, 0.5) is 0 Å². The van der Waals surface area contributed by atoms with Crippen LogP contribution in [0, 0.1) is 0 Å². The van der Waals surface area contributed by atoms with Crippen molar-refractivity contribution in [1.82, 2.24) is 0 Å². The maximum atomic E-state index is 9.84. The van der Waals surface area contributed by atoms with Gasteiger partial charge in [-0.25, -0.2) is 0 Å². The third-order valence-electron chi connectivity index (χ3n) is 2.92. The van der Waals surface area contributed by atoms with E-state index in [2.05, 4.69) is 18.7 Å². The molecule has 0 saturated heterocycles. The molecule has 2 aromatic carbocycles. The van der Waals surface area contributed by atoms with Crippen LogP contribution in [-0.4, -0.2) is 5.11 Å². The number of benzene rings is 2. The normalized spacial score (nSPS) is 12.0. The summed E-state index contributed by atoms with van der Waals surface area (Å²) in [6.45, 7) is 3.86. The van der Waals surface area contributed by atoms with Crippen molar-refractivity contribution in [3.8, 4) is 5.75 Å². The van der Waals surface area contributed by atoms with E-state index < -0.39 is 0 Å². The molecule has 0 saturated carbocycles. The fraction of sp³-hybridized carbons (Fsp3) is 0.125. The van der Waals surface area contributed by atoms with Crippen LogP contribution in [0.5, 0.6) is 5.75 Å². The van der Waals surface area contributed by atoms with Crippen molar-refractivity contribution in [2.75, 3.05) is 0 Å². The second-order valence-electron chi connectivity index (χ2n) is 4.09. The van der Waals surface area contributed by atoms with Crippen LogP contribution in [0.1, 0.15) is 17.0 Å². The third-order valence-corrected chi connectivity index (χ3v) is 2.92. The first-order valence-corrected chi connectivity index (χ1v) is 5.75. The molecule has 0 aromatic heterocycles. The fourth-order valence-electron chi connectivity index (χ4n) is 1.99. The maximum absolute atomic E-state index is 9.84. The molecule has 0 amide bonds. The molecule has 1 heteroatoms. The highest BCUT2D eigenvalue weighted by molar-refractivity contribution is 5.38. The van der Waals surface area contributed by atoms with Crippen molar-refractivity contribution in [3.63, 3.8) is 0 Å². The molecule has 0 bridgehead atoms. The first-order valence-electron chi connectivity index (χ1n) is 5.75. The van der Waals surface area contributed by atoms with Gasteiger partial charge in [-0.2, -0.15) is 0 Å². The molecule has 17 heavy (non-hydrogen) atoms. The van der Waals surface area contributed by atoms with Gasteiger partial charge in [-0.05, 0) is 18.1 Å². The molecule has 2 rings (SSSR count). The molecule has 1 nitrogen and oxygen atoms in total. The monoisotopic (exact) mass is 224 g/mol. The number of phenols is 1. The molecule has 1 unspecified atom stereocenters. The van der Waals surface area contributed by atoms with Gasteiger partial charge in [-0.15, -0.1) is 6.58 Å². The van der Waals surface area contributed by atoms with E-state index in [4.69, 9.17) is 0 Å². The second-order valence-corrected chi connectivity index (χ2v) is 4.09. The van der Waals surface area contributed by atoms with E-state index in [-0.39, 0.29) is 5.92 Å². The lowest BCUT2D eigenvalue weighted by Gasteiger charge is -2.14. The van der Waals surface area contributed by atoms with Crippen LogP contribution >= 0.6 is 0 Å². The molecule has 86 valence electrons. The lowest BCUT2D eigenvalue weighted by Crippen LogP contribution is -1.99. The van der Waals surface area contributed by atoms with Gasteiger partial charge in [0.25, 0.3) is 0 Å². The van der Waals surface area contributed by atoms with Gasteiger partial charge >= 0.3 is 0 Å². The summed E-state index contributed by atoms with van der Waals surface area (Å²) >= 11 is 0. The zero-order chi connectivity index (χ0) is 12.1. The minimum absolute atomic E-state index is 0.151. The molecule has 0 fully saturated rings. The minimum Gasteiger partial charge on any atom is -0.508 e. The van der Waals surface area contributed by atoms with Gasteiger partial charge < -0.3 is 5.11 Å². The molecule has 0 heterocycles. The Bertz CT molecular complexity index is 488. The molecule has 0 aliphatic heterocycles. The molecule has 1 N–H and O–H groups in total. The van der Waals surface area contributed by atoms with Crippen LogP contribution in [0.2, 0.25) is 0 Å². The molecule has 2 aromatic rings. The Balaban J connectivity index is 2.24. The highest BCUT2D eigenvalue weighted by Crippen LogP contribution is 2.28. The average Bonchev–Trinajstić information content (AvgIpc) is 2.38. The summed E-state index contributed by atoms with van der Waals surface area (Å²) in [5.74, 6) is 0.493.